The minimum Gasteiger partial charge on any atom is -0.396 e. The number of hydrogen-bond donors (Lipinski definition) is 2. The van der Waals surface area contributed by atoms with Crippen molar-refractivity contribution in [3.8, 4) is 0 Å². The number of nitrogens with one attached hydrogen (secondary N) is 1. The third-order valence-corrected chi connectivity index (χ3v) is 4.72. The third-order valence-electron chi connectivity index (χ3n) is 4.72. The molecule has 1 aliphatic heterocycles. The van der Waals surface area contributed by atoms with E-state index < -0.39 is 0 Å². The normalized spacial score (nSPS) is 23.9. The molecule has 2 aliphatic rings. The highest BCUT2D eigenvalue weighted by Gasteiger charge is 2.28. The Hall–Kier alpha value is -1.63. The van der Waals surface area contributed by atoms with Crippen LogP contribution in [0.4, 0.5) is 4.79 Å². The monoisotopic (exact) mass is 308 g/mol. The van der Waals surface area contributed by atoms with Crippen molar-refractivity contribution in [2.45, 2.75) is 51.0 Å². The first-order valence-corrected chi connectivity index (χ1v) is 8.17. The van der Waals surface area contributed by atoms with Gasteiger partial charge in [-0.25, -0.2) is 4.79 Å². The number of carbonyl (C=O) groups excluding carboxylic acids is 1. The van der Waals surface area contributed by atoms with Crippen molar-refractivity contribution in [2.75, 3.05) is 19.7 Å². The van der Waals surface area contributed by atoms with Crippen molar-refractivity contribution in [1.82, 2.24) is 20.4 Å². The molecule has 122 valence electrons. The van der Waals surface area contributed by atoms with Gasteiger partial charge in [-0.2, -0.15) is 4.98 Å². The number of aliphatic hydroxyl groups excluding tert-OH is 1. The summed E-state index contributed by atoms with van der Waals surface area (Å²) in [6.07, 6.45) is 5.54. The summed E-state index contributed by atoms with van der Waals surface area (Å²) in [5.41, 5.74) is 0. The van der Waals surface area contributed by atoms with Gasteiger partial charge in [0.05, 0.1) is 0 Å². The van der Waals surface area contributed by atoms with Gasteiger partial charge in [0.15, 0.2) is 5.82 Å². The van der Waals surface area contributed by atoms with Crippen molar-refractivity contribution in [3.63, 3.8) is 0 Å². The maximum Gasteiger partial charge on any atom is 0.318 e. The second-order valence-electron chi connectivity index (χ2n) is 6.43. The van der Waals surface area contributed by atoms with E-state index in [1.54, 1.807) is 4.90 Å². The number of carbonyl (C=O) groups is 1. The van der Waals surface area contributed by atoms with Crippen molar-refractivity contribution < 1.29 is 14.4 Å². The predicted molar refractivity (Wildman–Crippen MR) is 79.2 cm³/mol. The zero-order valence-corrected chi connectivity index (χ0v) is 13.0. The number of likely N-dealkylation sites (tertiary alicyclic amines) is 1. The Bertz CT molecular complexity index is 513. The van der Waals surface area contributed by atoms with E-state index in [9.17, 15) is 4.79 Å². The molecule has 1 saturated carbocycles. The van der Waals surface area contributed by atoms with Crippen LogP contribution in [0.5, 0.6) is 0 Å². The number of rotatable bonds is 4. The summed E-state index contributed by atoms with van der Waals surface area (Å²) in [7, 11) is 0. The van der Waals surface area contributed by atoms with Gasteiger partial charge in [0.25, 0.3) is 0 Å². The van der Waals surface area contributed by atoms with E-state index in [2.05, 4.69) is 15.5 Å². The lowest BCUT2D eigenvalue weighted by Crippen LogP contribution is -2.40. The number of amides is 2. The fraction of sp³-hybridized carbons (Fsp3) is 0.800. The lowest BCUT2D eigenvalue weighted by molar-refractivity contribution is 0.193. The Balaban J connectivity index is 1.55. The summed E-state index contributed by atoms with van der Waals surface area (Å²) in [6, 6.07) is -0.438. The van der Waals surface area contributed by atoms with E-state index in [4.69, 9.17) is 9.63 Å². The molecule has 2 N–H and O–H groups in total. The topological polar surface area (TPSA) is 91.5 Å². The minimum atomic E-state index is -0.302. The van der Waals surface area contributed by atoms with Gasteiger partial charge in [-0.15, -0.1) is 0 Å². The second kappa shape index (κ2) is 6.64. The first-order valence-electron chi connectivity index (χ1n) is 8.17. The average molecular weight is 308 g/mol. The average Bonchev–Trinajstić information content (AvgIpc) is 3.25. The van der Waals surface area contributed by atoms with Crippen molar-refractivity contribution in [1.29, 1.82) is 0 Å². The number of aromatic nitrogens is 2. The van der Waals surface area contributed by atoms with Gasteiger partial charge in [-0.1, -0.05) is 18.0 Å². The molecule has 0 spiro atoms. The molecule has 1 saturated heterocycles. The fourth-order valence-corrected chi connectivity index (χ4v) is 3.28. The van der Waals surface area contributed by atoms with E-state index in [1.165, 1.54) is 12.8 Å². The molecule has 0 bridgehead atoms. The summed E-state index contributed by atoms with van der Waals surface area (Å²) in [6.45, 7) is 3.27. The molecule has 1 aliphatic carbocycles. The van der Waals surface area contributed by atoms with Crippen molar-refractivity contribution >= 4 is 6.03 Å². The van der Waals surface area contributed by atoms with Crippen LogP contribution in [-0.2, 0) is 0 Å². The van der Waals surface area contributed by atoms with Crippen LogP contribution in [-0.4, -0.2) is 45.9 Å². The van der Waals surface area contributed by atoms with Crippen LogP contribution < -0.4 is 5.32 Å². The summed E-state index contributed by atoms with van der Waals surface area (Å²) in [5.74, 6) is 1.84. The van der Waals surface area contributed by atoms with E-state index in [0.29, 0.717) is 24.9 Å². The first-order chi connectivity index (χ1) is 10.7. The molecule has 0 aromatic carbocycles. The number of nitrogens with zero attached hydrogens (tertiary/aromatic N) is 3. The van der Waals surface area contributed by atoms with Crippen LogP contribution in [0.25, 0.3) is 0 Å². The first kappa shape index (κ1) is 15.3. The Morgan fingerprint density at radius 1 is 1.45 bits per heavy atom. The van der Waals surface area contributed by atoms with Crippen molar-refractivity contribution in [3.05, 3.63) is 11.7 Å². The molecule has 1 aromatic rings. The molecule has 22 heavy (non-hydrogen) atoms. The summed E-state index contributed by atoms with van der Waals surface area (Å²) >= 11 is 0. The molecule has 0 radical (unpaired) electrons. The summed E-state index contributed by atoms with van der Waals surface area (Å²) < 4.78 is 5.31. The molecule has 3 rings (SSSR count). The zero-order valence-electron chi connectivity index (χ0n) is 13.0. The van der Waals surface area contributed by atoms with Crippen LogP contribution in [0.2, 0.25) is 0 Å². The molecule has 2 fully saturated rings. The lowest BCUT2D eigenvalue weighted by Gasteiger charge is -2.19. The highest BCUT2D eigenvalue weighted by molar-refractivity contribution is 5.74. The second-order valence-corrected chi connectivity index (χ2v) is 6.43. The Morgan fingerprint density at radius 3 is 2.91 bits per heavy atom. The molecule has 2 unspecified atom stereocenters. The quantitative estimate of drug-likeness (QED) is 0.885. The smallest absolute Gasteiger partial charge is 0.318 e. The molecule has 2 amide bonds. The Kier molecular flexibility index (Phi) is 4.61. The maximum absolute atomic E-state index is 12.2. The van der Waals surface area contributed by atoms with E-state index in [0.717, 1.165) is 25.1 Å². The molecule has 2 heterocycles. The van der Waals surface area contributed by atoms with Gasteiger partial charge in [-0.05, 0) is 26.2 Å². The molecular formula is C15H24N4O3. The Labute approximate surface area is 130 Å². The van der Waals surface area contributed by atoms with Crippen LogP contribution in [0, 0.1) is 5.92 Å². The SMILES string of the molecule is CC(NC(=O)N1CCC(CO)C1)c1nc(C2CCCC2)no1. The fourth-order valence-electron chi connectivity index (χ4n) is 3.28. The molecular weight excluding hydrogens is 284 g/mol. The standard InChI is InChI=1S/C15H24N4O3/c1-10(16-15(21)19-7-6-11(8-19)9-20)14-17-13(18-22-14)12-4-2-3-5-12/h10-12,20H,2-9H2,1H3,(H,16,21). The van der Waals surface area contributed by atoms with E-state index in [-0.39, 0.29) is 24.6 Å². The summed E-state index contributed by atoms with van der Waals surface area (Å²) in [4.78, 5) is 18.4. The van der Waals surface area contributed by atoms with Crippen LogP contribution in [0.15, 0.2) is 4.52 Å². The maximum atomic E-state index is 12.2. The van der Waals surface area contributed by atoms with E-state index in [1.807, 2.05) is 6.92 Å². The highest BCUT2D eigenvalue weighted by Crippen LogP contribution is 2.32. The minimum absolute atomic E-state index is 0.133. The van der Waals surface area contributed by atoms with Gasteiger partial charge >= 0.3 is 6.03 Å². The number of hydrogen-bond acceptors (Lipinski definition) is 5. The summed E-state index contributed by atoms with van der Waals surface area (Å²) in [5, 5.41) is 16.1. The third kappa shape index (κ3) is 3.24. The van der Waals surface area contributed by atoms with Gasteiger partial charge < -0.3 is 19.8 Å². The number of urea groups is 1. The van der Waals surface area contributed by atoms with Gasteiger partial charge in [0, 0.05) is 31.5 Å². The highest BCUT2D eigenvalue weighted by atomic mass is 16.5. The van der Waals surface area contributed by atoms with Crippen LogP contribution >= 0.6 is 0 Å². The molecule has 2 atom stereocenters. The Morgan fingerprint density at radius 2 is 2.23 bits per heavy atom. The van der Waals surface area contributed by atoms with Gasteiger partial charge in [-0.3, -0.25) is 0 Å². The number of aliphatic hydroxyl groups is 1. The lowest BCUT2D eigenvalue weighted by atomic mass is 10.1. The van der Waals surface area contributed by atoms with Gasteiger partial charge in [0.2, 0.25) is 5.89 Å². The van der Waals surface area contributed by atoms with Crippen LogP contribution in [0.1, 0.15) is 62.7 Å². The molecule has 7 heteroatoms. The predicted octanol–water partition coefficient (Wildman–Crippen LogP) is 1.81. The van der Waals surface area contributed by atoms with Crippen LogP contribution in [0.3, 0.4) is 0 Å². The van der Waals surface area contributed by atoms with E-state index >= 15 is 0 Å². The van der Waals surface area contributed by atoms with Crippen molar-refractivity contribution in [2.24, 2.45) is 5.92 Å². The van der Waals surface area contributed by atoms with Gasteiger partial charge in [0.1, 0.15) is 6.04 Å². The largest absolute Gasteiger partial charge is 0.396 e. The molecule has 1 aromatic heterocycles. The molecule has 7 nitrogen and oxygen atoms in total. The zero-order chi connectivity index (χ0) is 15.5.